The summed E-state index contributed by atoms with van der Waals surface area (Å²) < 4.78 is 59.2. The number of hydrogen-bond acceptors (Lipinski definition) is 8. The molecule has 5 atom stereocenters. The van der Waals surface area contributed by atoms with Gasteiger partial charge in [0.1, 0.15) is 18.3 Å². The number of sulfone groups is 1. The lowest BCUT2D eigenvalue weighted by molar-refractivity contribution is -0.189. The number of hydrogen-bond donors (Lipinski definition) is 5. The Morgan fingerprint density at radius 3 is 2.38 bits per heavy atom. The number of alkyl carbamates (subject to hydrolysis) is 1. The van der Waals surface area contributed by atoms with Gasteiger partial charge in [-0.1, -0.05) is 11.6 Å². The van der Waals surface area contributed by atoms with Crippen molar-refractivity contribution in [1.82, 2.24) is 5.32 Å². The predicted octanol–water partition coefficient (Wildman–Crippen LogP) is 2.39. The number of carbonyl (C=O) groups is 2. The third kappa shape index (κ3) is 4.94. The van der Waals surface area contributed by atoms with Gasteiger partial charge in [0.2, 0.25) is 0 Å². The summed E-state index contributed by atoms with van der Waals surface area (Å²) in [6, 6.07) is 6.44. The molecule has 2 saturated carbocycles. The van der Waals surface area contributed by atoms with Gasteiger partial charge in [-0.15, -0.1) is 0 Å². The summed E-state index contributed by atoms with van der Waals surface area (Å²) in [5, 5.41) is 36.8. The zero-order valence-corrected chi connectivity index (χ0v) is 22.5. The normalized spacial score (nSPS) is 29.4. The number of benzene rings is 2. The Morgan fingerprint density at radius 2 is 1.77 bits per heavy atom. The number of anilines is 1. The molecule has 1 saturated heterocycles. The van der Waals surface area contributed by atoms with Gasteiger partial charge >= 0.3 is 6.09 Å². The average Bonchev–Trinajstić information content (AvgIpc) is 3.39. The zero-order valence-electron chi connectivity index (χ0n) is 20.9. The van der Waals surface area contributed by atoms with E-state index in [9.17, 15) is 42.1 Å². The van der Waals surface area contributed by atoms with Crippen LogP contribution < -0.4 is 10.6 Å². The second-order valence-electron chi connectivity index (χ2n) is 10.5. The minimum absolute atomic E-state index is 0.0321. The molecule has 3 fully saturated rings. The number of nitrogens with one attached hydrogen (secondary N) is 2. The first kappa shape index (κ1) is 28.7. The fourth-order valence-electron chi connectivity index (χ4n) is 6.17. The summed E-state index contributed by atoms with van der Waals surface area (Å²) in [7, 11) is -4.13. The summed E-state index contributed by atoms with van der Waals surface area (Å²) >= 11 is 6.25. The zero-order chi connectivity index (χ0) is 29.0. The van der Waals surface area contributed by atoms with Crippen molar-refractivity contribution in [3.05, 3.63) is 58.6 Å². The van der Waals surface area contributed by atoms with Gasteiger partial charge in [0.25, 0.3) is 5.91 Å². The van der Waals surface area contributed by atoms with Crippen LogP contribution in [0.15, 0.2) is 41.3 Å². The van der Waals surface area contributed by atoms with E-state index in [0.717, 1.165) is 24.3 Å². The van der Waals surface area contributed by atoms with E-state index in [1.54, 1.807) is 0 Å². The molecule has 0 spiro atoms. The van der Waals surface area contributed by atoms with Crippen molar-refractivity contribution in [1.29, 1.82) is 0 Å². The number of aliphatic hydroxyl groups is 3. The van der Waals surface area contributed by atoms with Crippen LogP contribution in [0.5, 0.6) is 0 Å². The molecule has 2 aromatic rings. The molecule has 10 nitrogen and oxygen atoms in total. The highest BCUT2D eigenvalue weighted by molar-refractivity contribution is 7.92. The van der Waals surface area contributed by atoms with Crippen molar-refractivity contribution >= 4 is 39.1 Å². The molecule has 2 aliphatic carbocycles. The lowest BCUT2D eigenvalue weighted by atomic mass is 9.69. The molecule has 0 aromatic heterocycles. The minimum Gasteiger partial charge on any atom is -0.441 e. The van der Waals surface area contributed by atoms with Crippen LogP contribution in [0.1, 0.15) is 36.0 Å². The molecule has 0 radical (unpaired) electrons. The fourth-order valence-corrected chi connectivity index (χ4v) is 8.57. The summed E-state index contributed by atoms with van der Waals surface area (Å²) in [5.74, 6) is -4.38. The highest BCUT2D eigenvalue weighted by Crippen LogP contribution is 2.54. The van der Waals surface area contributed by atoms with Crippen LogP contribution >= 0.6 is 11.6 Å². The van der Waals surface area contributed by atoms with Gasteiger partial charge < -0.3 is 30.7 Å². The van der Waals surface area contributed by atoms with E-state index in [0.29, 0.717) is 12.8 Å². The molecule has 216 valence electrons. The minimum atomic E-state index is -4.13. The van der Waals surface area contributed by atoms with Gasteiger partial charge in [-0.2, -0.15) is 0 Å². The van der Waals surface area contributed by atoms with E-state index in [1.165, 1.54) is 12.1 Å². The van der Waals surface area contributed by atoms with Crippen LogP contribution in [-0.4, -0.2) is 71.4 Å². The smallest absolute Gasteiger partial charge is 0.407 e. The van der Waals surface area contributed by atoms with Gasteiger partial charge in [-0.3, -0.25) is 4.79 Å². The van der Waals surface area contributed by atoms with Crippen molar-refractivity contribution in [2.24, 2.45) is 11.8 Å². The number of cyclic esters (lactones) is 1. The highest BCUT2D eigenvalue weighted by atomic mass is 35.5. The van der Waals surface area contributed by atoms with Crippen LogP contribution in [0, 0.1) is 23.5 Å². The number of carbonyl (C=O) groups excluding carboxylic acids is 2. The quantitative estimate of drug-likeness (QED) is 0.324. The van der Waals surface area contributed by atoms with Crippen LogP contribution in [0.2, 0.25) is 5.02 Å². The van der Waals surface area contributed by atoms with Gasteiger partial charge in [0.05, 0.1) is 27.3 Å². The van der Waals surface area contributed by atoms with Gasteiger partial charge in [-0.05, 0) is 67.9 Å². The standard InChI is InChI=1S/C26H27ClF2N2O8S/c27-17-5-1-12(24(34)31-15-4-6-18(28)19(29)10-15)7-21(17)40(37,38)16-8-13-2-3-14(9-16)26(13,36)23(33)22(32)20-11-30-25(35)39-20/h1,4-7,10,13-14,16,20,22-23,32-33,36H,2-3,8-9,11H2,(H,30,35)(H,31,34)/t13?,14?,16-,20?,22-,23+,26-/m0/s1. The first-order valence-electron chi connectivity index (χ1n) is 12.6. The van der Waals surface area contributed by atoms with E-state index in [1.807, 2.05) is 0 Å². The van der Waals surface area contributed by atoms with Gasteiger partial charge in [0.15, 0.2) is 21.5 Å². The molecule has 1 aliphatic heterocycles. The lowest BCUT2D eigenvalue weighted by Gasteiger charge is -2.46. The Balaban J connectivity index is 1.35. The predicted molar refractivity (Wildman–Crippen MR) is 137 cm³/mol. The number of aliphatic hydroxyl groups excluding tert-OH is 2. The SMILES string of the molecule is O=C1NCC([C@H](O)[C@@H](O)[C@]2(O)C3CCC2C[C@@H](S(=O)(=O)c2cc(C(=O)Nc4ccc(F)c(F)c4)ccc2Cl)C3)O1. The second kappa shape index (κ2) is 10.5. The van der Waals surface area contributed by atoms with Crippen molar-refractivity contribution in [3.8, 4) is 0 Å². The molecule has 5 N–H and O–H groups in total. The number of ether oxygens (including phenoxy) is 1. The molecule has 1 heterocycles. The average molecular weight is 601 g/mol. The maximum absolute atomic E-state index is 13.7. The Morgan fingerprint density at radius 1 is 1.10 bits per heavy atom. The Labute approximate surface area is 233 Å². The van der Waals surface area contributed by atoms with Gasteiger partial charge in [-0.25, -0.2) is 22.0 Å². The topological polar surface area (TPSA) is 162 Å². The first-order valence-corrected chi connectivity index (χ1v) is 14.6. The molecular weight excluding hydrogens is 574 g/mol. The third-order valence-electron chi connectivity index (χ3n) is 8.27. The highest BCUT2D eigenvalue weighted by Gasteiger charge is 2.61. The number of halogens is 3. The van der Waals surface area contributed by atoms with Crippen molar-refractivity contribution in [3.63, 3.8) is 0 Å². The first-order chi connectivity index (χ1) is 18.8. The third-order valence-corrected chi connectivity index (χ3v) is 10.9. The Hall–Kier alpha value is -2.84. The molecule has 3 unspecified atom stereocenters. The molecule has 2 aromatic carbocycles. The maximum atomic E-state index is 13.7. The Kier molecular flexibility index (Phi) is 7.55. The summed E-state index contributed by atoms with van der Waals surface area (Å²) in [4.78, 5) is 23.8. The van der Waals surface area contributed by atoms with Crippen LogP contribution in [0.3, 0.4) is 0 Å². The molecule has 5 rings (SSSR count). The van der Waals surface area contributed by atoms with E-state index < -0.39 is 74.5 Å². The largest absolute Gasteiger partial charge is 0.441 e. The summed E-state index contributed by atoms with van der Waals surface area (Å²) in [6.07, 6.45) is -4.34. The van der Waals surface area contributed by atoms with E-state index >= 15 is 0 Å². The maximum Gasteiger partial charge on any atom is 0.407 e. The van der Waals surface area contributed by atoms with Crippen molar-refractivity contribution in [2.45, 2.75) is 59.7 Å². The molecular formula is C26H27ClF2N2O8S. The van der Waals surface area contributed by atoms with E-state index in [2.05, 4.69) is 10.6 Å². The van der Waals surface area contributed by atoms with E-state index in [4.69, 9.17) is 16.3 Å². The molecule has 2 amide bonds. The second-order valence-corrected chi connectivity index (χ2v) is 13.1. The molecule has 3 aliphatic rings. The number of amides is 2. The van der Waals surface area contributed by atoms with Crippen molar-refractivity contribution in [2.75, 3.05) is 11.9 Å². The summed E-state index contributed by atoms with van der Waals surface area (Å²) in [6.45, 7) is -0.0437. The molecule has 2 bridgehead atoms. The van der Waals surface area contributed by atoms with E-state index in [-0.39, 0.29) is 40.6 Å². The van der Waals surface area contributed by atoms with Crippen LogP contribution in [0.4, 0.5) is 19.3 Å². The summed E-state index contributed by atoms with van der Waals surface area (Å²) in [5.41, 5.74) is -1.91. The molecule has 40 heavy (non-hydrogen) atoms. The van der Waals surface area contributed by atoms with Crippen LogP contribution in [0.25, 0.3) is 0 Å². The van der Waals surface area contributed by atoms with Gasteiger partial charge in [0, 0.05) is 17.3 Å². The Bertz CT molecular complexity index is 1440. The fraction of sp³-hybridized carbons (Fsp3) is 0.462. The van der Waals surface area contributed by atoms with Crippen molar-refractivity contribution < 1.29 is 46.8 Å². The van der Waals surface area contributed by atoms with Crippen LogP contribution in [-0.2, 0) is 14.6 Å². The monoisotopic (exact) mass is 600 g/mol. The number of fused-ring (bicyclic) bond motifs is 2. The molecule has 14 heteroatoms. The number of rotatable bonds is 7. The lowest BCUT2D eigenvalue weighted by Crippen LogP contribution is -2.61.